The minimum Gasteiger partial charge on any atom is -0.480 e. The fraction of sp³-hybridized carbons (Fsp3) is 0.929. The van der Waals surface area contributed by atoms with E-state index in [1.807, 2.05) is 7.05 Å². The molecule has 1 atom stereocenters. The van der Waals surface area contributed by atoms with Crippen LogP contribution < -0.4 is 0 Å². The molecule has 0 saturated carbocycles. The van der Waals surface area contributed by atoms with Crippen LogP contribution in [-0.4, -0.2) is 35.1 Å². The van der Waals surface area contributed by atoms with E-state index >= 15 is 0 Å². The molecule has 3 heteroatoms. The van der Waals surface area contributed by atoms with Gasteiger partial charge in [-0.3, -0.25) is 9.69 Å². The smallest absolute Gasteiger partial charge is 0.324 e. The molecule has 0 aliphatic carbocycles. The first-order valence-corrected chi connectivity index (χ1v) is 6.99. The summed E-state index contributed by atoms with van der Waals surface area (Å²) in [6, 6.07) is 0. The summed E-state index contributed by atoms with van der Waals surface area (Å²) in [7, 11) is 1.97. The van der Waals surface area contributed by atoms with E-state index in [0.717, 1.165) is 51.5 Å². The number of carboxylic acid groups (broad SMARTS) is 1. The van der Waals surface area contributed by atoms with Crippen molar-refractivity contribution >= 4 is 5.97 Å². The number of hydrogen-bond donors (Lipinski definition) is 1. The Bertz CT molecular complexity index is 218. The summed E-state index contributed by atoms with van der Waals surface area (Å²) in [6.07, 6.45) is 6.67. The van der Waals surface area contributed by atoms with Gasteiger partial charge < -0.3 is 5.11 Å². The third kappa shape index (κ3) is 4.66. The van der Waals surface area contributed by atoms with E-state index in [9.17, 15) is 9.90 Å². The van der Waals surface area contributed by atoms with Crippen molar-refractivity contribution < 1.29 is 9.90 Å². The maximum absolute atomic E-state index is 11.7. The van der Waals surface area contributed by atoms with Crippen LogP contribution in [-0.2, 0) is 4.79 Å². The van der Waals surface area contributed by atoms with Crippen LogP contribution in [0.2, 0.25) is 0 Å². The zero-order valence-electron chi connectivity index (χ0n) is 12.0. The Labute approximate surface area is 106 Å². The molecule has 0 aliphatic rings. The predicted molar refractivity (Wildman–Crippen MR) is 72.3 cm³/mol. The lowest BCUT2D eigenvalue weighted by Crippen LogP contribution is -2.53. The normalized spacial score (nSPS) is 14.9. The first kappa shape index (κ1) is 16.4. The lowest BCUT2D eigenvalue weighted by atomic mass is 9.86. The summed E-state index contributed by atoms with van der Waals surface area (Å²) in [5, 5.41) is 9.61. The number of aliphatic carboxylic acids is 1. The zero-order valence-corrected chi connectivity index (χ0v) is 12.0. The third-order valence-corrected chi connectivity index (χ3v) is 3.58. The summed E-state index contributed by atoms with van der Waals surface area (Å²) in [6.45, 7) is 7.20. The highest BCUT2D eigenvalue weighted by atomic mass is 16.4. The molecule has 0 bridgehead atoms. The van der Waals surface area contributed by atoms with Crippen LogP contribution in [0.1, 0.15) is 65.7 Å². The minimum absolute atomic E-state index is 0.639. The molecule has 0 aromatic rings. The lowest BCUT2D eigenvalue weighted by molar-refractivity contribution is -0.152. The van der Waals surface area contributed by atoms with Gasteiger partial charge in [-0.15, -0.1) is 0 Å². The number of carboxylic acids is 1. The summed E-state index contributed by atoms with van der Waals surface area (Å²) < 4.78 is 0. The Morgan fingerprint density at radius 1 is 1.06 bits per heavy atom. The highest BCUT2D eigenvalue weighted by molar-refractivity contribution is 5.78. The molecule has 1 N–H and O–H groups in total. The van der Waals surface area contributed by atoms with Crippen molar-refractivity contribution in [1.82, 2.24) is 4.90 Å². The van der Waals surface area contributed by atoms with Crippen molar-refractivity contribution in [2.45, 2.75) is 71.3 Å². The van der Waals surface area contributed by atoms with Gasteiger partial charge in [-0.2, -0.15) is 0 Å². The van der Waals surface area contributed by atoms with Crippen LogP contribution in [0.3, 0.4) is 0 Å². The molecule has 0 aliphatic heterocycles. The molecular weight excluding hydrogens is 214 g/mol. The minimum atomic E-state index is -0.647. The maximum Gasteiger partial charge on any atom is 0.324 e. The van der Waals surface area contributed by atoms with Gasteiger partial charge in [0.15, 0.2) is 0 Å². The molecule has 0 rings (SSSR count). The SMILES string of the molecule is CCCCN(C)C(CCC)(CCCC)C(=O)O. The lowest BCUT2D eigenvalue weighted by Gasteiger charge is -2.38. The van der Waals surface area contributed by atoms with Crippen molar-refractivity contribution in [1.29, 1.82) is 0 Å². The number of carbonyl (C=O) groups is 1. The monoisotopic (exact) mass is 243 g/mol. The van der Waals surface area contributed by atoms with Gasteiger partial charge in [0.25, 0.3) is 0 Å². The predicted octanol–water partition coefficient (Wildman–Crippen LogP) is 3.53. The Kier molecular flexibility index (Phi) is 8.23. The van der Waals surface area contributed by atoms with Gasteiger partial charge in [0.05, 0.1) is 0 Å². The zero-order chi connectivity index (χ0) is 13.3. The molecule has 0 saturated heterocycles. The van der Waals surface area contributed by atoms with E-state index in [4.69, 9.17) is 0 Å². The van der Waals surface area contributed by atoms with Crippen LogP contribution in [0.15, 0.2) is 0 Å². The van der Waals surface area contributed by atoms with Crippen LogP contribution in [0.5, 0.6) is 0 Å². The van der Waals surface area contributed by atoms with Crippen LogP contribution in [0.4, 0.5) is 0 Å². The molecule has 0 amide bonds. The Morgan fingerprint density at radius 2 is 1.65 bits per heavy atom. The molecule has 3 nitrogen and oxygen atoms in total. The first-order chi connectivity index (χ1) is 8.05. The third-order valence-electron chi connectivity index (χ3n) is 3.58. The van der Waals surface area contributed by atoms with Crippen LogP contribution >= 0.6 is 0 Å². The van der Waals surface area contributed by atoms with Gasteiger partial charge >= 0.3 is 5.97 Å². The molecule has 17 heavy (non-hydrogen) atoms. The van der Waals surface area contributed by atoms with E-state index < -0.39 is 11.5 Å². The molecule has 102 valence electrons. The van der Waals surface area contributed by atoms with Crippen molar-refractivity contribution in [3.63, 3.8) is 0 Å². The van der Waals surface area contributed by atoms with Crippen LogP contribution in [0, 0.1) is 0 Å². The van der Waals surface area contributed by atoms with Gasteiger partial charge in [0.2, 0.25) is 0 Å². The summed E-state index contributed by atoms with van der Waals surface area (Å²) in [4.78, 5) is 13.7. The second kappa shape index (κ2) is 8.51. The quantitative estimate of drug-likeness (QED) is 0.638. The Balaban J connectivity index is 4.80. The number of likely N-dealkylation sites (N-methyl/N-ethyl adjacent to an activating group) is 1. The van der Waals surface area contributed by atoms with Gasteiger partial charge in [-0.05, 0) is 32.9 Å². The van der Waals surface area contributed by atoms with Crippen molar-refractivity contribution in [3.05, 3.63) is 0 Å². The number of hydrogen-bond acceptors (Lipinski definition) is 2. The van der Waals surface area contributed by atoms with Crippen LogP contribution in [0.25, 0.3) is 0 Å². The average Bonchev–Trinajstić information content (AvgIpc) is 2.31. The van der Waals surface area contributed by atoms with E-state index in [0.29, 0.717) is 0 Å². The maximum atomic E-state index is 11.7. The molecule has 0 radical (unpaired) electrons. The fourth-order valence-electron chi connectivity index (χ4n) is 2.38. The summed E-state index contributed by atoms with van der Waals surface area (Å²) >= 11 is 0. The molecular formula is C14H29NO2. The molecule has 0 fully saturated rings. The topological polar surface area (TPSA) is 40.5 Å². The Morgan fingerprint density at radius 3 is 2.06 bits per heavy atom. The number of rotatable bonds is 10. The second-order valence-corrected chi connectivity index (χ2v) is 4.97. The standard InChI is InChI=1S/C14H29NO2/c1-5-8-11-14(10-7-3,13(16)17)15(4)12-9-6-2/h5-12H2,1-4H3,(H,16,17). The summed E-state index contributed by atoms with van der Waals surface area (Å²) in [5.41, 5.74) is -0.639. The second-order valence-electron chi connectivity index (χ2n) is 4.97. The van der Waals surface area contributed by atoms with Crippen molar-refractivity contribution in [3.8, 4) is 0 Å². The van der Waals surface area contributed by atoms with Gasteiger partial charge in [-0.25, -0.2) is 0 Å². The molecule has 0 heterocycles. The number of nitrogens with zero attached hydrogens (tertiary/aromatic N) is 1. The number of unbranched alkanes of at least 4 members (excludes halogenated alkanes) is 2. The average molecular weight is 243 g/mol. The molecule has 1 unspecified atom stereocenters. The fourth-order valence-corrected chi connectivity index (χ4v) is 2.38. The van der Waals surface area contributed by atoms with E-state index in [-0.39, 0.29) is 0 Å². The highest BCUT2D eigenvalue weighted by Gasteiger charge is 2.40. The molecule has 0 spiro atoms. The summed E-state index contributed by atoms with van der Waals surface area (Å²) in [5.74, 6) is -0.647. The Hall–Kier alpha value is -0.570. The highest BCUT2D eigenvalue weighted by Crippen LogP contribution is 2.27. The molecule has 0 aromatic carbocycles. The first-order valence-electron chi connectivity index (χ1n) is 6.99. The van der Waals surface area contributed by atoms with Gasteiger partial charge in [0.1, 0.15) is 5.54 Å². The van der Waals surface area contributed by atoms with E-state index in [1.165, 1.54) is 0 Å². The van der Waals surface area contributed by atoms with Crippen molar-refractivity contribution in [2.24, 2.45) is 0 Å². The van der Waals surface area contributed by atoms with Crippen molar-refractivity contribution in [2.75, 3.05) is 13.6 Å². The van der Waals surface area contributed by atoms with E-state index in [2.05, 4.69) is 25.7 Å². The van der Waals surface area contributed by atoms with Gasteiger partial charge in [-0.1, -0.05) is 46.5 Å². The van der Waals surface area contributed by atoms with E-state index in [1.54, 1.807) is 0 Å². The molecule has 0 aromatic heterocycles. The van der Waals surface area contributed by atoms with Gasteiger partial charge in [0, 0.05) is 0 Å². The largest absolute Gasteiger partial charge is 0.480 e.